The van der Waals surface area contributed by atoms with Gasteiger partial charge in [0, 0.05) is 5.69 Å². The largest absolute Gasteiger partial charge is 0.478 e. The molecule has 0 amide bonds. The number of carboxylic acid groups (broad SMARTS) is 1. The predicted octanol–water partition coefficient (Wildman–Crippen LogP) is 2.07. The lowest BCUT2D eigenvalue weighted by atomic mass is 10.0. The highest BCUT2D eigenvalue weighted by Gasteiger charge is 2.30. The van der Waals surface area contributed by atoms with Gasteiger partial charge in [0.2, 0.25) is 0 Å². The topological polar surface area (TPSA) is 63.3 Å². The van der Waals surface area contributed by atoms with E-state index in [0.717, 1.165) is 6.07 Å². The summed E-state index contributed by atoms with van der Waals surface area (Å²) in [6.07, 6.45) is -5.74. The number of nitrogens with two attached hydrogens (primary N) is 1. The highest BCUT2D eigenvalue weighted by atomic mass is 19.4. The number of aromatic carboxylic acids is 1. The molecule has 3 nitrogen and oxygen atoms in total. The van der Waals surface area contributed by atoms with Gasteiger partial charge in [0.1, 0.15) is 0 Å². The Hall–Kier alpha value is -1.72. The minimum Gasteiger partial charge on any atom is -0.478 e. The molecule has 0 aliphatic heterocycles. The van der Waals surface area contributed by atoms with E-state index in [4.69, 9.17) is 10.8 Å². The van der Waals surface area contributed by atoms with Crippen LogP contribution >= 0.6 is 0 Å². The molecule has 1 aromatic carbocycles. The zero-order valence-corrected chi connectivity index (χ0v) is 7.51. The zero-order valence-electron chi connectivity index (χ0n) is 7.51. The second-order valence-corrected chi connectivity index (χ2v) is 2.98. The third kappa shape index (κ3) is 2.87. The van der Waals surface area contributed by atoms with E-state index in [2.05, 4.69) is 0 Å². The van der Waals surface area contributed by atoms with Crippen LogP contribution in [0.3, 0.4) is 0 Å². The van der Waals surface area contributed by atoms with Crippen LogP contribution in [0.15, 0.2) is 18.2 Å². The van der Waals surface area contributed by atoms with Crippen LogP contribution in [0.4, 0.5) is 18.9 Å². The van der Waals surface area contributed by atoms with Crippen molar-refractivity contribution in [1.82, 2.24) is 0 Å². The van der Waals surface area contributed by atoms with Crippen molar-refractivity contribution in [3.63, 3.8) is 0 Å². The molecule has 0 fully saturated rings. The van der Waals surface area contributed by atoms with Gasteiger partial charge in [-0.1, -0.05) is 12.1 Å². The molecule has 0 bridgehead atoms. The Morgan fingerprint density at radius 1 is 1.40 bits per heavy atom. The van der Waals surface area contributed by atoms with Gasteiger partial charge in [-0.05, 0) is 11.6 Å². The van der Waals surface area contributed by atoms with Crippen molar-refractivity contribution < 1.29 is 23.1 Å². The number of carboxylic acids is 1. The Bertz CT molecular complexity index is 387. The summed E-state index contributed by atoms with van der Waals surface area (Å²) in [6, 6.07) is 3.65. The molecule has 82 valence electrons. The Kier molecular flexibility index (Phi) is 2.88. The van der Waals surface area contributed by atoms with E-state index >= 15 is 0 Å². The zero-order chi connectivity index (χ0) is 11.6. The lowest BCUT2D eigenvalue weighted by Gasteiger charge is -2.10. The number of halogens is 3. The molecule has 0 aliphatic rings. The van der Waals surface area contributed by atoms with Gasteiger partial charge in [0.25, 0.3) is 0 Å². The third-order valence-electron chi connectivity index (χ3n) is 1.79. The van der Waals surface area contributed by atoms with E-state index in [-0.39, 0.29) is 11.3 Å². The second kappa shape index (κ2) is 3.80. The lowest BCUT2D eigenvalue weighted by Crippen LogP contribution is -2.16. The molecule has 0 atom stereocenters. The molecule has 0 saturated carbocycles. The molecular weight excluding hydrogens is 211 g/mol. The van der Waals surface area contributed by atoms with E-state index in [1.54, 1.807) is 0 Å². The van der Waals surface area contributed by atoms with Crippen LogP contribution in [-0.2, 0) is 6.42 Å². The van der Waals surface area contributed by atoms with Crippen molar-refractivity contribution in [2.24, 2.45) is 0 Å². The van der Waals surface area contributed by atoms with Crippen LogP contribution in [0, 0.1) is 0 Å². The summed E-state index contributed by atoms with van der Waals surface area (Å²) < 4.78 is 36.2. The van der Waals surface area contributed by atoms with Crippen LogP contribution in [0.2, 0.25) is 0 Å². The molecule has 0 heterocycles. The van der Waals surface area contributed by atoms with Crippen LogP contribution in [0.1, 0.15) is 15.9 Å². The summed E-state index contributed by atoms with van der Waals surface area (Å²) >= 11 is 0. The molecule has 6 heteroatoms. The number of rotatable bonds is 2. The van der Waals surface area contributed by atoms with Gasteiger partial charge in [-0.3, -0.25) is 0 Å². The van der Waals surface area contributed by atoms with Gasteiger partial charge in [0.05, 0.1) is 12.0 Å². The highest BCUT2D eigenvalue weighted by molar-refractivity contribution is 5.95. The van der Waals surface area contributed by atoms with E-state index < -0.39 is 24.1 Å². The molecule has 0 aromatic heterocycles. The molecule has 0 unspecified atom stereocenters. The van der Waals surface area contributed by atoms with Crippen LogP contribution < -0.4 is 5.73 Å². The number of benzene rings is 1. The standard InChI is InChI=1S/C9H8F3NO2/c10-9(11,12)4-5-2-1-3-6(13)7(5)8(14)15/h1-3H,4,13H2,(H,14,15). The molecular formula is C9H8F3NO2. The van der Waals surface area contributed by atoms with E-state index in [1.807, 2.05) is 0 Å². The lowest BCUT2D eigenvalue weighted by molar-refractivity contribution is -0.127. The molecule has 1 rings (SSSR count). The number of anilines is 1. The highest BCUT2D eigenvalue weighted by Crippen LogP contribution is 2.26. The summed E-state index contributed by atoms with van der Waals surface area (Å²) in [4.78, 5) is 10.7. The fourth-order valence-corrected chi connectivity index (χ4v) is 1.24. The minimum absolute atomic E-state index is 0.163. The van der Waals surface area contributed by atoms with Gasteiger partial charge in [-0.15, -0.1) is 0 Å². The summed E-state index contributed by atoms with van der Waals surface area (Å²) in [5.41, 5.74) is 4.33. The van der Waals surface area contributed by atoms with Crippen LogP contribution in [-0.4, -0.2) is 17.3 Å². The van der Waals surface area contributed by atoms with E-state index in [0.29, 0.717) is 0 Å². The van der Waals surface area contributed by atoms with Crippen molar-refractivity contribution in [3.8, 4) is 0 Å². The third-order valence-corrected chi connectivity index (χ3v) is 1.79. The van der Waals surface area contributed by atoms with Crippen molar-refractivity contribution in [3.05, 3.63) is 29.3 Å². The van der Waals surface area contributed by atoms with Crippen molar-refractivity contribution in [2.45, 2.75) is 12.6 Å². The number of carbonyl (C=O) groups is 1. The Balaban J connectivity index is 3.18. The molecule has 15 heavy (non-hydrogen) atoms. The molecule has 0 spiro atoms. The Morgan fingerprint density at radius 3 is 2.47 bits per heavy atom. The summed E-state index contributed by atoms with van der Waals surface area (Å²) in [5, 5.41) is 8.70. The van der Waals surface area contributed by atoms with Crippen LogP contribution in [0.25, 0.3) is 0 Å². The summed E-state index contributed by atoms with van der Waals surface area (Å²) in [5.74, 6) is -1.45. The van der Waals surface area contributed by atoms with E-state index in [9.17, 15) is 18.0 Å². The first-order valence-electron chi connectivity index (χ1n) is 3.98. The van der Waals surface area contributed by atoms with Crippen LogP contribution in [0.5, 0.6) is 0 Å². The number of alkyl halides is 3. The monoisotopic (exact) mass is 219 g/mol. The van der Waals surface area contributed by atoms with Gasteiger partial charge in [0.15, 0.2) is 0 Å². The Morgan fingerprint density at radius 2 is 2.00 bits per heavy atom. The average molecular weight is 219 g/mol. The SMILES string of the molecule is Nc1cccc(CC(F)(F)F)c1C(=O)O. The average Bonchev–Trinajstić information content (AvgIpc) is 1.99. The van der Waals surface area contributed by atoms with Crippen molar-refractivity contribution >= 4 is 11.7 Å². The minimum atomic E-state index is -4.45. The number of nitrogen functional groups attached to an aromatic ring is 1. The first-order valence-corrected chi connectivity index (χ1v) is 3.98. The number of hydrogen-bond donors (Lipinski definition) is 2. The van der Waals surface area contributed by atoms with E-state index in [1.165, 1.54) is 12.1 Å². The summed E-state index contributed by atoms with van der Waals surface area (Å²) in [7, 11) is 0. The van der Waals surface area contributed by atoms with Gasteiger partial charge in [-0.2, -0.15) is 13.2 Å². The maximum Gasteiger partial charge on any atom is 0.393 e. The fraction of sp³-hybridized carbons (Fsp3) is 0.222. The normalized spacial score (nSPS) is 11.4. The molecule has 3 N–H and O–H groups in total. The summed E-state index contributed by atoms with van der Waals surface area (Å²) in [6.45, 7) is 0. The van der Waals surface area contributed by atoms with Crippen molar-refractivity contribution in [1.29, 1.82) is 0 Å². The van der Waals surface area contributed by atoms with Gasteiger partial charge in [-0.25, -0.2) is 4.79 Å². The Labute approximate surface area is 83.3 Å². The predicted molar refractivity (Wildman–Crippen MR) is 47.6 cm³/mol. The maximum absolute atomic E-state index is 12.1. The number of hydrogen-bond acceptors (Lipinski definition) is 2. The van der Waals surface area contributed by atoms with Crippen molar-refractivity contribution in [2.75, 3.05) is 5.73 Å². The maximum atomic E-state index is 12.1. The first kappa shape index (κ1) is 11.4. The molecule has 1 aromatic rings. The second-order valence-electron chi connectivity index (χ2n) is 2.98. The first-order chi connectivity index (χ1) is 6.81. The smallest absolute Gasteiger partial charge is 0.393 e. The molecule has 0 aliphatic carbocycles. The quantitative estimate of drug-likeness (QED) is 0.748. The van der Waals surface area contributed by atoms with Gasteiger partial charge >= 0.3 is 12.1 Å². The fourth-order valence-electron chi connectivity index (χ4n) is 1.24. The molecule has 0 radical (unpaired) electrons. The van der Waals surface area contributed by atoms with Gasteiger partial charge < -0.3 is 10.8 Å². The molecule has 0 saturated heterocycles.